The molecule has 1 saturated carbocycles. The molecule has 0 radical (unpaired) electrons. The topological polar surface area (TPSA) is 58.2 Å². The third-order valence-electron chi connectivity index (χ3n) is 5.44. The molecule has 0 spiro atoms. The number of hydrogen-bond donors (Lipinski definition) is 2. The number of halogens is 6. The predicted molar refractivity (Wildman–Crippen MR) is 131 cm³/mol. The van der Waals surface area contributed by atoms with E-state index >= 15 is 0 Å². The van der Waals surface area contributed by atoms with Crippen LogP contribution in [0.2, 0.25) is 10.0 Å². The van der Waals surface area contributed by atoms with Crippen LogP contribution in [0.5, 0.6) is 0 Å². The van der Waals surface area contributed by atoms with Gasteiger partial charge in [0, 0.05) is 16.6 Å². The molecule has 10 heteroatoms. The van der Waals surface area contributed by atoms with Crippen LogP contribution in [-0.4, -0.2) is 16.1 Å². The SMILES string of the molecule is Cc1cc(Cl)cc([C@@H]2[C@@H](C(=O)Nc3ccc(Cl)c(C(=O)Nc4c(F)cccc4F)c3)C2(Cl)Cl)c1. The molecule has 0 bridgehead atoms. The molecule has 3 aromatic carbocycles. The summed E-state index contributed by atoms with van der Waals surface area (Å²) in [6.07, 6.45) is 0. The van der Waals surface area contributed by atoms with E-state index in [0.29, 0.717) is 5.02 Å². The quantitative estimate of drug-likeness (QED) is 0.330. The summed E-state index contributed by atoms with van der Waals surface area (Å²) >= 11 is 25.0. The smallest absolute Gasteiger partial charge is 0.257 e. The lowest BCUT2D eigenvalue weighted by atomic mass is 10.1. The third kappa shape index (κ3) is 4.86. The minimum atomic E-state index is -1.34. The molecule has 0 aliphatic heterocycles. The number of anilines is 2. The molecule has 0 unspecified atom stereocenters. The largest absolute Gasteiger partial charge is 0.326 e. The predicted octanol–water partition coefficient (Wildman–Crippen LogP) is 7.36. The molecule has 4 nitrogen and oxygen atoms in total. The van der Waals surface area contributed by atoms with E-state index in [4.69, 9.17) is 46.4 Å². The van der Waals surface area contributed by atoms with Gasteiger partial charge in [0.05, 0.1) is 16.5 Å². The molecule has 4 rings (SSSR count). The van der Waals surface area contributed by atoms with Crippen LogP contribution in [0.1, 0.15) is 27.4 Å². The lowest BCUT2D eigenvalue weighted by Crippen LogP contribution is -2.18. The Balaban J connectivity index is 1.53. The second-order valence-electron chi connectivity index (χ2n) is 7.93. The summed E-state index contributed by atoms with van der Waals surface area (Å²) in [7, 11) is 0. The highest BCUT2D eigenvalue weighted by molar-refractivity contribution is 6.53. The highest BCUT2D eigenvalue weighted by Crippen LogP contribution is 2.65. The van der Waals surface area contributed by atoms with Gasteiger partial charge in [-0.1, -0.05) is 35.3 Å². The van der Waals surface area contributed by atoms with Crippen LogP contribution in [0.3, 0.4) is 0 Å². The Morgan fingerprint density at radius 3 is 2.26 bits per heavy atom. The molecule has 0 heterocycles. The summed E-state index contributed by atoms with van der Waals surface area (Å²) in [5.41, 5.74) is 1.16. The van der Waals surface area contributed by atoms with Gasteiger partial charge >= 0.3 is 0 Å². The van der Waals surface area contributed by atoms with E-state index in [1.807, 2.05) is 13.0 Å². The number of carbonyl (C=O) groups is 2. The van der Waals surface area contributed by atoms with Gasteiger partial charge in [0.2, 0.25) is 5.91 Å². The average molecular weight is 544 g/mol. The molecule has 2 atom stereocenters. The highest BCUT2D eigenvalue weighted by atomic mass is 35.5. The summed E-state index contributed by atoms with van der Waals surface area (Å²) in [6, 6.07) is 12.7. The van der Waals surface area contributed by atoms with Crippen LogP contribution in [0, 0.1) is 24.5 Å². The van der Waals surface area contributed by atoms with Crippen LogP contribution in [0.25, 0.3) is 0 Å². The maximum Gasteiger partial charge on any atom is 0.257 e. The third-order valence-corrected chi connectivity index (χ3v) is 6.93. The minimum Gasteiger partial charge on any atom is -0.326 e. The number of rotatable bonds is 5. The van der Waals surface area contributed by atoms with E-state index in [0.717, 1.165) is 23.3 Å². The summed E-state index contributed by atoms with van der Waals surface area (Å²) in [5, 5.41) is 5.36. The summed E-state index contributed by atoms with van der Waals surface area (Å²) in [4.78, 5) is 25.6. The molecule has 0 aromatic heterocycles. The van der Waals surface area contributed by atoms with Crippen molar-refractivity contribution in [1.29, 1.82) is 0 Å². The van der Waals surface area contributed by atoms with Crippen molar-refractivity contribution in [2.45, 2.75) is 17.2 Å². The van der Waals surface area contributed by atoms with Crippen molar-refractivity contribution >= 4 is 69.6 Å². The van der Waals surface area contributed by atoms with Gasteiger partial charge in [-0.25, -0.2) is 8.78 Å². The Morgan fingerprint density at radius 1 is 0.941 bits per heavy atom. The first-order valence-corrected chi connectivity index (χ1v) is 11.5. The summed E-state index contributed by atoms with van der Waals surface area (Å²) in [5.74, 6) is -4.45. The molecule has 1 aliphatic carbocycles. The van der Waals surface area contributed by atoms with Gasteiger partial charge < -0.3 is 10.6 Å². The minimum absolute atomic E-state index is 0.0231. The van der Waals surface area contributed by atoms with Gasteiger partial charge in [0.1, 0.15) is 21.7 Å². The van der Waals surface area contributed by atoms with E-state index in [9.17, 15) is 18.4 Å². The first-order chi connectivity index (χ1) is 16.0. The Hall–Kier alpha value is -2.38. The van der Waals surface area contributed by atoms with Crippen molar-refractivity contribution in [3.8, 4) is 0 Å². The zero-order chi connectivity index (χ0) is 24.8. The van der Waals surface area contributed by atoms with Gasteiger partial charge in [-0.3, -0.25) is 9.59 Å². The van der Waals surface area contributed by atoms with Gasteiger partial charge in [0.15, 0.2) is 0 Å². The Bertz CT molecular complexity index is 1280. The van der Waals surface area contributed by atoms with E-state index in [2.05, 4.69) is 10.6 Å². The normalized spacial score (nSPS) is 18.3. The number of nitrogens with one attached hydrogen (secondary N) is 2. The second kappa shape index (κ2) is 9.34. The molecule has 34 heavy (non-hydrogen) atoms. The van der Waals surface area contributed by atoms with Crippen LogP contribution in [0.4, 0.5) is 20.2 Å². The maximum absolute atomic E-state index is 13.9. The Kier molecular flexibility index (Phi) is 6.80. The molecular formula is C24H16Cl4F2N2O2. The highest BCUT2D eigenvalue weighted by Gasteiger charge is 2.67. The van der Waals surface area contributed by atoms with Crippen LogP contribution < -0.4 is 10.6 Å². The van der Waals surface area contributed by atoms with E-state index in [1.165, 1.54) is 24.3 Å². The van der Waals surface area contributed by atoms with E-state index in [1.54, 1.807) is 12.1 Å². The van der Waals surface area contributed by atoms with E-state index in [-0.39, 0.29) is 16.3 Å². The standard InChI is InChI=1S/C24H16Cl4F2N2O2/c1-11-7-12(9-13(25)8-11)19-20(24(19,27)28)23(34)31-14-5-6-16(26)15(10-14)22(33)32-21-17(29)3-2-4-18(21)30/h2-10,19-20H,1H3,(H,31,34)(H,32,33)/t19-,20+/m1/s1. The molecule has 176 valence electrons. The van der Waals surface area contributed by atoms with Crippen molar-refractivity contribution in [3.05, 3.63) is 93.0 Å². The fourth-order valence-electron chi connectivity index (χ4n) is 3.81. The van der Waals surface area contributed by atoms with Crippen LogP contribution in [-0.2, 0) is 4.79 Å². The van der Waals surface area contributed by atoms with Crippen molar-refractivity contribution in [2.75, 3.05) is 10.6 Å². The number of aryl methyl sites for hydroxylation is 1. The number of hydrogen-bond acceptors (Lipinski definition) is 2. The van der Waals surface area contributed by atoms with Crippen LogP contribution in [0.15, 0.2) is 54.6 Å². The molecular weight excluding hydrogens is 528 g/mol. The van der Waals surface area contributed by atoms with Crippen molar-refractivity contribution in [2.24, 2.45) is 5.92 Å². The first kappa shape index (κ1) is 24.7. The zero-order valence-corrected chi connectivity index (χ0v) is 20.5. The maximum atomic E-state index is 13.9. The number of carbonyl (C=O) groups excluding carboxylic acids is 2. The monoisotopic (exact) mass is 542 g/mol. The number of benzene rings is 3. The molecule has 1 aliphatic rings. The van der Waals surface area contributed by atoms with Gasteiger partial charge in [-0.05, 0) is 60.5 Å². The average Bonchev–Trinajstić information content (AvgIpc) is 3.33. The lowest BCUT2D eigenvalue weighted by Gasteiger charge is -2.11. The summed E-state index contributed by atoms with van der Waals surface area (Å²) in [6.45, 7) is 1.87. The Labute approximate surface area is 214 Å². The molecule has 2 amide bonds. The van der Waals surface area contributed by atoms with Gasteiger partial charge in [0.25, 0.3) is 5.91 Å². The molecule has 0 saturated heterocycles. The second-order valence-corrected chi connectivity index (χ2v) is 10.2. The lowest BCUT2D eigenvalue weighted by molar-refractivity contribution is -0.117. The zero-order valence-electron chi connectivity index (χ0n) is 17.4. The van der Waals surface area contributed by atoms with Crippen molar-refractivity contribution in [1.82, 2.24) is 0 Å². The molecule has 1 fully saturated rings. The Morgan fingerprint density at radius 2 is 1.62 bits per heavy atom. The van der Waals surface area contributed by atoms with Crippen LogP contribution >= 0.6 is 46.4 Å². The van der Waals surface area contributed by atoms with Gasteiger partial charge in [-0.2, -0.15) is 0 Å². The molecule has 3 aromatic rings. The fraction of sp³-hybridized carbons (Fsp3) is 0.167. The summed E-state index contributed by atoms with van der Waals surface area (Å²) < 4.78 is 26.5. The number of alkyl halides is 2. The fourth-order valence-corrected chi connectivity index (χ4v) is 5.14. The number of amides is 2. The van der Waals surface area contributed by atoms with Crippen molar-refractivity contribution in [3.63, 3.8) is 0 Å². The first-order valence-electron chi connectivity index (χ1n) is 9.99. The number of para-hydroxylation sites is 1. The van der Waals surface area contributed by atoms with Crippen molar-refractivity contribution < 1.29 is 18.4 Å². The van der Waals surface area contributed by atoms with Gasteiger partial charge in [-0.15, -0.1) is 23.2 Å². The van der Waals surface area contributed by atoms with E-state index < -0.39 is 45.3 Å². The molecule has 2 N–H and O–H groups in total.